The van der Waals surface area contributed by atoms with Crippen LogP contribution >= 0.6 is 0 Å². The van der Waals surface area contributed by atoms with E-state index in [9.17, 15) is 14.4 Å². The Hall–Kier alpha value is -1.59. The smallest absolute Gasteiger partial charge is 0.306 e. The summed E-state index contributed by atoms with van der Waals surface area (Å²) in [5.41, 5.74) is 0. The summed E-state index contributed by atoms with van der Waals surface area (Å²) in [6.07, 6.45) is 48.2. The summed E-state index contributed by atoms with van der Waals surface area (Å²) in [5, 5.41) is 0. The normalized spacial score (nSPS) is 12.6. The lowest BCUT2D eigenvalue weighted by Gasteiger charge is -2.18. The summed E-state index contributed by atoms with van der Waals surface area (Å²) >= 11 is 0. The Morgan fingerprint density at radius 3 is 0.839 bits per heavy atom. The molecule has 0 fully saturated rings. The van der Waals surface area contributed by atoms with E-state index < -0.39 is 6.10 Å². The number of esters is 3. The van der Waals surface area contributed by atoms with Crippen molar-refractivity contribution in [1.29, 1.82) is 0 Å². The molecular weight excluding hydrogens is 769 g/mol. The lowest BCUT2D eigenvalue weighted by Crippen LogP contribution is -2.30. The molecule has 0 rings (SSSR count). The van der Waals surface area contributed by atoms with E-state index in [-0.39, 0.29) is 31.1 Å². The first kappa shape index (κ1) is 60.4. The van der Waals surface area contributed by atoms with E-state index in [1.54, 1.807) is 0 Å². The number of ether oxygens (including phenoxy) is 3. The molecule has 0 radical (unpaired) electrons. The van der Waals surface area contributed by atoms with Crippen LogP contribution in [0, 0.1) is 17.8 Å². The molecular formula is C56H108O6. The Kier molecular flexibility index (Phi) is 46.2. The number of carbonyl (C=O) groups is 3. The minimum Gasteiger partial charge on any atom is -0.462 e. The van der Waals surface area contributed by atoms with Crippen LogP contribution in [0.2, 0.25) is 0 Å². The summed E-state index contributed by atoms with van der Waals surface area (Å²) in [4.78, 5) is 37.9. The van der Waals surface area contributed by atoms with Crippen molar-refractivity contribution in [2.45, 2.75) is 311 Å². The predicted octanol–water partition coefficient (Wildman–Crippen LogP) is 17.9. The molecule has 62 heavy (non-hydrogen) atoms. The third-order valence-corrected chi connectivity index (χ3v) is 13.0. The minimum atomic E-state index is -0.763. The highest BCUT2D eigenvalue weighted by atomic mass is 16.6. The Morgan fingerprint density at radius 2 is 0.565 bits per heavy atom. The summed E-state index contributed by atoms with van der Waals surface area (Å²) in [6, 6.07) is 0. The molecule has 6 heteroatoms. The van der Waals surface area contributed by atoms with Gasteiger partial charge >= 0.3 is 17.9 Å². The fourth-order valence-electron chi connectivity index (χ4n) is 8.44. The zero-order chi connectivity index (χ0) is 45.6. The van der Waals surface area contributed by atoms with Crippen LogP contribution in [0.5, 0.6) is 0 Å². The van der Waals surface area contributed by atoms with Crippen LogP contribution in [0.25, 0.3) is 0 Å². The third kappa shape index (κ3) is 47.9. The van der Waals surface area contributed by atoms with Gasteiger partial charge in [-0.3, -0.25) is 14.4 Å². The zero-order valence-electron chi connectivity index (χ0n) is 42.7. The molecule has 0 aromatic rings. The van der Waals surface area contributed by atoms with Crippen LogP contribution < -0.4 is 0 Å². The van der Waals surface area contributed by atoms with Gasteiger partial charge in [-0.2, -0.15) is 0 Å². The van der Waals surface area contributed by atoms with Crippen molar-refractivity contribution < 1.29 is 28.6 Å². The quantitative estimate of drug-likeness (QED) is 0.0344. The van der Waals surface area contributed by atoms with Gasteiger partial charge in [0, 0.05) is 19.3 Å². The highest BCUT2D eigenvalue weighted by molar-refractivity contribution is 5.71. The molecule has 0 aliphatic heterocycles. The fraction of sp³-hybridized carbons (Fsp3) is 0.946. The molecule has 0 bridgehead atoms. The molecule has 0 saturated carbocycles. The van der Waals surface area contributed by atoms with Crippen molar-refractivity contribution in [1.82, 2.24) is 0 Å². The van der Waals surface area contributed by atoms with Gasteiger partial charge in [-0.05, 0) is 37.0 Å². The zero-order valence-corrected chi connectivity index (χ0v) is 42.7. The van der Waals surface area contributed by atoms with E-state index in [0.29, 0.717) is 19.3 Å². The highest BCUT2D eigenvalue weighted by Crippen LogP contribution is 2.18. The maximum Gasteiger partial charge on any atom is 0.306 e. The monoisotopic (exact) mass is 877 g/mol. The third-order valence-electron chi connectivity index (χ3n) is 13.0. The maximum absolute atomic E-state index is 12.8. The van der Waals surface area contributed by atoms with Gasteiger partial charge in [0.2, 0.25) is 0 Å². The molecule has 2 atom stereocenters. The molecule has 368 valence electrons. The van der Waals surface area contributed by atoms with Gasteiger partial charge in [0.15, 0.2) is 6.10 Å². The maximum atomic E-state index is 12.8. The number of hydrogen-bond donors (Lipinski definition) is 0. The Balaban J connectivity index is 4.18. The summed E-state index contributed by atoms with van der Waals surface area (Å²) in [6.45, 7) is 13.7. The number of hydrogen-bond acceptors (Lipinski definition) is 6. The van der Waals surface area contributed by atoms with Gasteiger partial charge in [0.05, 0.1) is 0 Å². The van der Waals surface area contributed by atoms with Crippen LogP contribution in [0.1, 0.15) is 305 Å². The van der Waals surface area contributed by atoms with Gasteiger partial charge in [-0.1, -0.05) is 266 Å². The number of rotatable bonds is 49. The molecule has 0 N–H and O–H groups in total. The number of unbranched alkanes of at least 4 members (excludes halogenated alkanes) is 31. The molecule has 0 aromatic heterocycles. The van der Waals surface area contributed by atoms with Crippen molar-refractivity contribution in [2.24, 2.45) is 17.8 Å². The lowest BCUT2D eigenvalue weighted by atomic mass is 9.99. The second-order valence-electron chi connectivity index (χ2n) is 20.4. The van der Waals surface area contributed by atoms with Crippen molar-refractivity contribution in [3.05, 3.63) is 0 Å². The summed E-state index contributed by atoms with van der Waals surface area (Å²) < 4.78 is 16.8. The SMILES string of the molecule is CCC(C)CCCCCCCCCCCCCCCCCCCCC(=O)OC[C@H](COC(=O)CCCCCCCCCC(C)C)OC(=O)CCCCCCCCCCCC(C)C. The first-order valence-corrected chi connectivity index (χ1v) is 27.6. The van der Waals surface area contributed by atoms with Crippen LogP contribution in [0.15, 0.2) is 0 Å². The molecule has 0 aromatic carbocycles. The van der Waals surface area contributed by atoms with Gasteiger partial charge in [-0.15, -0.1) is 0 Å². The summed E-state index contributed by atoms with van der Waals surface area (Å²) in [5.74, 6) is 1.64. The average Bonchev–Trinajstić information content (AvgIpc) is 3.24. The molecule has 0 aliphatic rings. The highest BCUT2D eigenvalue weighted by Gasteiger charge is 2.19. The van der Waals surface area contributed by atoms with Crippen molar-refractivity contribution >= 4 is 17.9 Å². The Labute approximate surface area is 387 Å². The molecule has 0 spiro atoms. The van der Waals surface area contributed by atoms with E-state index in [0.717, 1.165) is 75.5 Å². The second-order valence-corrected chi connectivity index (χ2v) is 20.4. The van der Waals surface area contributed by atoms with E-state index in [1.165, 1.54) is 186 Å². The largest absolute Gasteiger partial charge is 0.462 e. The van der Waals surface area contributed by atoms with Crippen molar-refractivity contribution in [2.75, 3.05) is 13.2 Å². The predicted molar refractivity (Wildman–Crippen MR) is 266 cm³/mol. The fourth-order valence-corrected chi connectivity index (χ4v) is 8.44. The molecule has 0 aliphatic carbocycles. The standard InChI is InChI=1S/C56H108O6/c1-7-52(6)44-38-32-26-20-16-14-12-10-8-9-11-13-15-17-21-27-33-39-45-54(57)60-48-53(49-61-55(58)46-40-34-29-23-25-31-37-43-51(4)5)62-56(59)47-41-35-28-22-18-19-24-30-36-42-50(2)3/h50-53H,7-49H2,1-6H3/t52?,53-/m1/s1. The second kappa shape index (κ2) is 47.4. The minimum absolute atomic E-state index is 0.0649. The molecule has 0 saturated heterocycles. The first-order valence-electron chi connectivity index (χ1n) is 27.6. The van der Waals surface area contributed by atoms with Crippen LogP contribution in [-0.4, -0.2) is 37.2 Å². The van der Waals surface area contributed by atoms with Crippen molar-refractivity contribution in [3.63, 3.8) is 0 Å². The molecule has 6 nitrogen and oxygen atoms in total. The van der Waals surface area contributed by atoms with E-state index in [4.69, 9.17) is 14.2 Å². The van der Waals surface area contributed by atoms with Crippen LogP contribution in [-0.2, 0) is 28.6 Å². The van der Waals surface area contributed by atoms with E-state index in [1.807, 2.05) is 0 Å². The Morgan fingerprint density at radius 1 is 0.323 bits per heavy atom. The van der Waals surface area contributed by atoms with Crippen LogP contribution in [0.3, 0.4) is 0 Å². The van der Waals surface area contributed by atoms with E-state index >= 15 is 0 Å². The Bertz CT molecular complexity index is 962. The molecule has 1 unspecified atom stereocenters. The van der Waals surface area contributed by atoms with E-state index in [2.05, 4.69) is 41.5 Å². The number of carbonyl (C=O) groups excluding carboxylic acids is 3. The lowest BCUT2D eigenvalue weighted by molar-refractivity contribution is -0.167. The topological polar surface area (TPSA) is 78.9 Å². The van der Waals surface area contributed by atoms with Gasteiger partial charge in [0.1, 0.15) is 13.2 Å². The van der Waals surface area contributed by atoms with Crippen LogP contribution in [0.4, 0.5) is 0 Å². The first-order chi connectivity index (χ1) is 30.1. The van der Waals surface area contributed by atoms with Gasteiger partial charge < -0.3 is 14.2 Å². The molecule has 0 heterocycles. The summed E-state index contributed by atoms with van der Waals surface area (Å²) in [7, 11) is 0. The van der Waals surface area contributed by atoms with Gasteiger partial charge in [0.25, 0.3) is 0 Å². The van der Waals surface area contributed by atoms with Gasteiger partial charge in [-0.25, -0.2) is 0 Å². The van der Waals surface area contributed by atoms with Crippen molar-refractivity contribution in [3.8, 4) is 0 Å². The average molecular weight is 877 g/mol. The molecule has 0 amide bonds.